The highest BCUT2D eigenvalue weighted by molar-refractivity contribution is 7.13. The Morgan fingerprint density at radius 3 is 2.54 bits per heavy atom. The van der Waals surface area contributed by atoms with Crippen LogP contribution >= 0.6 is 11.3 Å². The number of hydrogen-bond donors (Lipinski definition) is 2. The van der Waals surface area contributed by atoms with Gasteiger partial charge in [0, 0.05) is 33.6 Å². The Kier molecular flexibility index (Phi) is 4.10. The van der Waals surface area contributed by atoms with Crippen molar-refractivity contribution in [3.8, 4) is 16.5 Å². The number of aromatic hydroxyl groups is 1. The highest BCUT2D eigenvalue weighted by Crippen LogP contribution is 2.26. The van der Waals surface area contributed by atoms with Crippen molar-refractivity contribution in [3.63, 3.8) is 0 Å². The molecule has 26 heavy (non-hydrogen) atoms. The fourth-order valence-electron chi connectivity index (χ4n) is 2.73. The van der Waals surface area contributed by atoms with Crippen LogP contribution in [0.3, 0.4) is 0 Å². The summed E-state index contributed by atoms with van der Waals surface area (Å²) in [7, 11) is 0. The van der Waals surface area contributed by atoms with Gasteiger partial charge in [-0.25, -0.2) is 4.98 Å². The molecule has 0 spiro atoms. The van der Waals surface area contributed by atoms with E-state index in [1.54, 1.807) is 35.8 Å². The molecule has 5 nitrogen and oxygen atoms in total. The largest absolute Gasteiger partial charge is 0.494 e. The average Bonchev–Trinajstić information content (AvgIpc) is 3.08. The minimum Gasteiger partial charge on any atom is -0.494 e. The van der Waals surface area contributed by atoms with E-state index in [2.05, 4.69) is 15.0 Å². The molecule has 0 aliphatic heterocycles. The number of pyridine rings is 1. The maximum absolute atomic E-state index is 11.9. The standard InChI is InChI=1S/C20H15N3O2S/c1-12-11-26-20(22-12)13-6-8-14(9-7-13)21-10-17-15-4-2-3-5-16(15)18(24)23-19(17)25/h2-11H,1H3,(H2,23,24,25). The first-order valence-electron chi connectivity index (χ1n) is 8.02. The number of thiazole rings is 1. The van der Waals surface area contributed by atoms with E-state index in [0.717, 1.165) is 22.0 Å². The van der Waals surface area contributed by atoms with Crippen molar-refractivity contribution in [2.75, 3.05) is 0 Å². The number of fused-ring (bicyclic) bond motifs is 1. The molecule has 0 saturated heterocycles. The van der Waals surface area contributed by atoms with Crippen LogP contribution in [0.5, 0.6) is 5.88 Å². The third-order valence-electron chi connectivity index (χ3n) is 4.02. The lowest BCUT2D eigenvalue weighted by atomic mass is 10.1. The monoisotopic (exact) mass is 361 g/mol. The van der Waals surface area contributed by atoms with Crippen molar-refractivity contribution in [3.05, 3.63) is 75.5 Å². The molecule has 0 unspecified atom stereocenters. The van der Waals surface area contributed by atoms with Crippen molar-refractivity contribution in [1.29, 1.82) is 0 Å². The highest BCUT2D eigenvalue weighted by atomic mass is 32.1. The van der Waals surface area contributed by atoms with E-state index in [0.29, 0.717) is 16.3 Å². The molecule has 0 radical (unpaired) electrons. The second-order valence-electron chi connectivity index (χ2n) is 5.86. The van der Waals surface area contributed by atoms with Crippen molar-refractivity contribution in [2.24, 2.45) is 4.99 Å². The van der Waals surface area contributed by atoms with Crippen molar-refractivity contribution >= 4 is 34.0 Å². The minimum atomic E-state index is -0.321. The number of nitrogens with zero attached hydrogens (tertiary/aromatic N) is 2. The molecule has 4 rings (SSSR count). The number of benzene rings is 2. The van der Waals surface area contributed by atoms with Gasteiger partial charge in [-0.1, -0.05) is 18.2 Å². The maximum atomic E-state index is 11.9. The van der Waals surface area contributed by atoms with Crippen LogP contribution in [0, 0.1) is 6.92 Å². The van der Waals surface area contributed by atoms with Crippen molar-refractivity contribution < 1.29 is 5.11 Å². The topological polar surface area (TPSA) is 78.3 Å². The number of hydrogen-bond acceptors (Lipinski definition) is 5. The molecule has 0 aliphatic carbocycles. The number of aromatic amines is 1. The molecule has 2 aromatic carbocycles. The Hall–Kier alpha value is -3.25. The van der Waals surface area contributed by atoms with Crippen molar-refractivity contribution in [1.82, 2.24) is 9.97 Å². The van der Waals surface area contributed by atoms with E-state index in [1.165, 1.54) is 0 Å². The van der Waals surface area contributed by atoms with Crippen LogP contribution in [0.1, 0.15) is 11.3 Å². The first kappa shape index (κ1) is 16.2. The first-order chi connectivity index (χ1) is 12.6. The summed E-state index contributed by atoms with van der Waals surface area (Å²) in [5, 5.41) is 14.3. The number of H-pyrrole nitrogens is 1. The lowest BCUT2D eigenvalue weighted by molar-refractivity contribution is 0.452. The van der Waals surface area contributed by atoms with E-state index in [1.807, 2.05) is 42.6 Å². The predicted molar refractivity (Wildman–Crippen MR) is 106 cm³/mol. The van der Waals surface area contributed by atoms with Gasteiger partial charge in [0.15, 0.2) is 0 Å². The van der Waals surface area contributed by atoms with Gasteiger partial charge in [-0.2, -0.15) is 0 Å². The molecule has 0 fully saturated rings. The highest BCUT2D eigenvalue weighted by Gasteiger charge is 2.08. The number of aromatic nitrogens is 2. The molecule has 0 atom stereocenters. The Balaban J connectivity index is 1.69. The molecule has 2 aromatic heterocycles. The van der Waals surface area contributed by atoms with E-state index in [9.17, 15) is 9.90 Å². The fraction of sp³-hybridized carbons (Fsp3) is 0.0500. The normalized spacial score (nSPS) is 11.4. The molecule has 0 aliphatic rings. The zero-order valence-corrected chi connectivity index (χ0v) is 14.7. The van der Waals surface area contributed by atoms with Gasteiger partial charge >= 0.3 is 0 Å². The van der Waals surface area contributed by atoms with Gasteiger partial charge < -0.3 is 5.11 Å². The Labute approximate surface area is 153 Å². The summed E-state index contributed by atoms with van der Waals surface area (Å²) in [6, 6.07) is 14.8. The quantitative estimate of drug-likeness (QED) is 0.530. The summed E-state index contributed by atoms with van der Waals surface area (Å²) in [6.07, 6.45) is 1.57. The summed E-state index contributed by atoms with van der Waals surface area (Å²) in [5.41, 5.74) is 2.96. The summed E-state index contributed by atoms with van der Waals surface area (Å²) in [4.78, 5) is 23.3. The third kappa shape index (κ3) is 3.02. The molecule has 0 bridgehead atoms. The molecule has 4 aromatic rings. The Bertz CT molecular complexity index is 1170. The van der Waals surface area contributed by atoms with Gasteiger partial charge in [-0.15, -0.1) is 11.3 Å². The summed E-state index contributed by atoms with van der Waals surface area (Å²) >= 11 is 1.61. The summed E-state index contributed by atoms with van der Waals surface area (Å²) < 4.78 is 0. The SMILES string of the molecule is Cc1csc(-c2ccc(N=Cc3c(O)[nH]c(=O)c4ccccc34)cc2)n1. The van der Waals surface area contributed by atoms with Gasteiger partial charge in [-0.3, -0.25) is 14.8 Å². The van der Waals surface area contributed by atoms with Crippen LogP contribution in [-0.2, 0) is 0 Å². The Morgan fingerprint density at radius 2 is 1.85 bits per heavy atom. The van der Waals surface area contributed by atoms with Gasteiger partial charge in [0.25, 0.3) is 5.56 Å². The van der Waals surface area contributed by atoms with E-state index < -0.39 is 0 Å². The third-order valence-corrected chi connectivity index (χ3v) is 5.03. The average molecular weight is 361 g/mol. The number of rotatable bonds is 3. The lowest BCUT2D eigenvalue weighted by Gasteiger charge is -2.04. The summed E-state index contributed by atoms with van der Waals surface area (Å²) in [6.45, 7) is 1.97. The summed E-state index contributed by atoms with van der Waals surface area (Å²) in [5.74, 6) is -0.188. The van der Waals surface area contributed by atoms with Crippen LogP contribution in [0.4, 0.5) is 5.69 Å². The molecular formula is C20H15N3O2S. The molecule has 6 heteroatoms. The molecular weight excluding hydrogens is 346 g/mol. The number of aryl methyl sites for hydroxylation is 1. The fourth-order valence-corrected chi connectivity index (χ4v) is 3.54. The Morgan fingerprint density at radius 1 is 1.12 bits per heavy atom. The zero-order valence-electron chi connectivity index (χ0n) is 13.9. The van der Waals surface area contributed by atoms with Gasteiger partial charge in [0.05, 0.1) is 11.3 Å². The second-order valence-corrected chi connectivity index (χ2v) is 6.72. The van der Waals surface area contributed by atoms with Crippen LogP contribution < -0.4 is 5.56 Å². The van der Waals surface area contributed by atoms with E-state index >= 15 is 0 Å². The molecule has 0 amide bonds. The smallest absolute Gasteiger partial charge is 0.258 e. The minimum absolute atomic E-state index is 0.188. The first-order valence-corrected chi connectivity index (χ1v) is 8.90. The van der Waals surface area contributed by atoms with Gasteiger partial charge in [0.2, 0.25) is 5.88 Å². The number of nitrogens with one attached hydrogen (secondary N) is 1. The molecule has 128 valence electrons. The van der Waals surface area contributed by atoms with Crippen LogP contribution in [0.25, 0.3) is 21.3 Å². The predicted octanol–water partition coefficient (Wildman–Crippen LogP) is 4.42. The van der Waals surface area contributed by atoms with Gasteiger partial charge in [-0.05, 0) is 37.3 Å². The molecule has 2 N–H and O–H groups in total. The van der Waals surface area contributed by atoms with Crippen molar-refractivity contribution in [2.45, 2.75) is 6.92 Å². The molecule has 0 saturated carbocycles. The van der Waals surface area contributed by atoms with Gasteiger partial charge in [0.1, 0.15) is 5.01 Å². The second kappa shape index (κ2) is 6.57. The lowest BCUT2D eigenvalue weighted by Crippen LogP contribution is -2.07. The number of aliphatic imine (C=N–C) groups is 1. The van der Waals surface area contributed by atoms with E-state index in [4.69, 9.17) is 0 Å². The van der Waals surface area contributed by atoms with Crippen LogP contribution in [0.15, 0.2) is 63.7 Å². The maximum Gasteiger partial charge on any atom is 0.258 e. The zero-order chi connectivity index (χ0) is 18.1. The van der Waals surface area contributed by atoms with Crippen LogP contribution in [0.2, 0.25) is 0 Å². The van der Waals surface area contributed by atoms with Crippen LogP contribution in [-0.4, -0.2) is 21.3 Å². The molecule has 2 heterocycles. The van der Waals surface area contributed by atoms with E-state index in [-0.39, 0.29) is 11.4 Å².